The van der Waals surface area contributed by atoms with Crippen LogP contribution in [0.15, 0.2) is 71.9 Å². The highest BCUT2D eigenvalue weighted by molar-refractivity contribution is 6.02. The molecular formula is C34H37N7O7. The van der Waals surface area contributed by atoms with Gasteiger partial charge in [0.2, 0.25) is 12.1 Å². The van der Waals surface area contributed by atoms with Crippen molar-refractivity contribution in [3.05, 3.63) is 77.9 Å². The van der Waals surface area contributed by atoms with Gasteiger partial charge < -0.3 is 23.8 Å². The van der Waals surface area contributed by atoms with Crippen molar-refractivity contribution in [2.24, 2.45) is 5.16 Å². The first-order valence-corrected chi connectivity index (χ1v) is 15.6. The summed E-state index contributed by atoms with van der Waals surface area (Å²) in [5.74, 6) is -0.178. The number of oxime groups is 1. The molecule has 14 nitrogen and oxygen atoms in total. The first-order chi connectivity index (χ1) is 23.5. The molecule has 0 aliphatic heterocycles. The Morgan fingerprint density at radius 3 is 2.44 bits per heavy atom. The summed E-state index contributed by atoms with van der Waals surface area (Å²) in [4.78, 5) is 35.0. The molecule has 14 heteroatoms. The molecule has 1 N–H and O–H groups in total. The average molecular weight is 656 g/mol. The lowest BCUT2D eigenvalue weighted by atomic mass is 9.98. The van der Waals surface area contributed by atoms with E-state index in [0.29, 0.717) is 49.0 Å². The minimum atomic E-state index is -1.19. The Morgan fingerprint density at radius 1 is 0.938 bits per heavy atom. The summed E-state index contributed by atoms with van der Waals surface area (Å²) in [6.45, 7) is 8.00. The van der Waals surface area contributed by atoms with Crippen LogP contribution in [0.5, 0.6) is 6.01 Å². The second-order valence-electron chi connectivity index (χ2n) is 10.6. The Labute approximate surface area is 277 Å². The number of esters is 1. The van der Waals surface area contributed by atoms with E-state index in [4.69, 9.17) is 23.8 Å². The second kappa shape index (κ2) is 16.7. The first kappa shape index (κ1) is 33.6. The van der Waals surface area contributed by atoms with E-state index in [1.807, 2.05) is 60.0 Å². The zero-order valence-electron chi connectivity index (χ0n) is 26.8. The Bertz CT molecular complexity index is 1810. The van der Waals surface area contributed by atoms with Gasteiger partial charge in [0.1, 0.15) is 6.61 Å². The summed E-state index contributed by atoms with van der Waals surface area (Å²) < 4.78 is 23.5. The highest BCUT2D eigenvalue weighted by Crippen LogP contribution is 2.31. The quantitative estimate of drug-likeness (QED) is 0.0400. The van der Waals surface area contributed by atoms with Crippen LogP contribution in [-0.4, -0.2) is 75.1 Å². The minimum absolute atomic E-state index is 0.186. The molecule has 0 bridgehead atoms. The molecule has 5 aromatic rings. The molecule has 2 heterocycles. The fraction of sp³-hybridized carbons (Fsp3) is 0.324. The number of para-hydroxylation sites is 1. The highest BCUT2D eigenvalue weighted by atomic mass is 16.8. The third-order valence-corrected chi connectivity index (χ3v) is 7.32. The third-order valence-electron chi connectivity index (χ3n) is 7.32. The van der Waals surface area contributed by atoms with Crippen molar-refractivity contribution in [3.63, 3.8) is 0 Å². The van der Waals surface area contributed by atoms with Crippen LogP contribution in [0.25, 0.3) is 33.5 Å². The van der Waals surface area contributed by atoms with Gasteiger partial charge in [0, 0.05) is 19.2 Å². The second-order valence-corrected chi connectivity index (χ2v) is 10.6. The number of unbranched alkanes of at least 4 members (excludes halogenated alkanes) is 3. The highest BCUT2D eigenvalue weighted by Gasteiger charge is 2.23. The number of aromatic nitrogens is 6. The topological polar surface area (TPSA) is 165 Å². The summed E-state index contributed by atoms with van der Waals surface area (Å²) in [7, 11) is 0. The van der Waals surface area contributed by atoms with E-state index < -0.39 is 18.4 Å². The maximum atomic E-state index is 13.4. The lowest BCUT2D eigenvalue weighted by Gasteiger charge is -2.15. The number of hydrogen-bond acceptors (Lipinski definition) is 12. The number of H-pyrrole nitrogens is 1. The lowest BCUT2D eigenvalue weighted by molar-refractivity contribution is -0.0820. The molecule has 0 radical (unpaired) electrons. The van der Waals surface area contributed by atoms with E-state index in [1.54, 1.807) is 18.2 Å². The standard InChI is InChI=1S/C34H37N7O7/c1-4-44-33-36-29-15-11-14-28(32(42)47-23(2)48-34(43)45-20-9-5-6-10-21-46-35-3)30(29)41(33)22-24-16-18-25(19-17-24)26-12-7-8-13-27(26)31-37-39-40-38-31/h7-8,11-19,23H,3-6,9-10,20-22H2,1-2H3,(H,37,38,39,40). The average Bonchev–Trinajstić information content (AvgIpc) is 3.75. The molecule has 0 spiro atoms. The molecule has 1 unspecified atom stereocenters. The van der Waals surface area contributed by atoms with Gasteiger partial charge in [-0.2, -0.15) is 10.2 Å². The van der Waals surface area contributed by atoms with E-state index in [9.17, 15) is 9.59 Å². The maximum Gasteiger partial charge on any atom is 0.511 e. The molecule has 1 atom stereocenters. The lowest BCUT2D eigenvalue weighted by Crippen LogP contribution is -2.23. The van der Waals surface area contributed by atoms with Crippen LogP contribution in [0.1, 0.15) is 55.5 Å². The Balaban J connectivity index is 1.27. The monoisotopic (exact) mass is 655 g/mol. The van der Waals surface area contributed by atoms with Gasteiger partial charge in [0.15, 0.2) is 0 Å². The molecule has 48 heavy (non-hydrogen) atoms. The van der Waals surface area contributed by atoms with Gasteiger partial charge in [-0.15, -0.1) is 15.4 Å². The minimum Gasteiger partial charge on any atom is -0.465 e. The van der Waals surface area contributed by atoms with Crippen molar-refractivity contribution < 1.29 is 33.4 Å². The van der Waals surface area contributed by atoms with Crippen LogP contribution in [0, 0.1) is 0 Å². The molecule has 3 aromatic carbocycles. The van der Waals surface area contributed by atoms with Gasteiger partial charge in [-0.3, -0.25) is 4.57 Å². The van der Waals surface area contributed by atoms with Gasteiger partial charge in [0.05, 0.1) is 36.4 Å². The molecule has 0 saturated carbocycles. The van der Waals surface area contributed by atoms with Gasteiger partial charge in [-0.1, -0.05) is 54.6 Å². The number of nitrogens with zero attached hydrogens (tertiary/aromatic N) is 6. The molecule has 0 aliphatic rings. The van der Waals surface area contributed by atoms with Crippen molar-refractivity contribution in [1.82, 2.24) is 30.2 Å². The maximum absolute atomic E-state index is 13.4. The molecule has 0 fully saturated rings. The summed E-state index contributed by atoms with van der Waals surface area (Å²) in [6.07, 6.45) is 1.14. The van der Waals surface area contributed by atoms with Crippen molar-refractivity contribution >= 4 is 29.9 Å². The molecule has 0 amide bonds. The van der Waals surface area contributed by atoms with E-state index in [2.05, 4.69) is 37.5 Å². The number of benzene rings is 3. The van der Waals surface area contributed by atoms with Gasteiger partial charge in [0.25, 0.3) is 6.01 Å². The van der Waals surface area contributed by atoms with Crippen LogP contribution in [0.2, 0.25) is 0 Å². The van der Waals surface area contributed by atoms with E-state index in [0.717, 1.165) is 41.5 Å². The van der Waals surface area contributed by atoms with E-state index in [1.165, 1.54) is 6.92 Å². The largest absolute Gasteiger partial charge is 0.511 e. The Kier molecular flexibility index (Phi) is 11.7. The molecule has 5 rings (SSSR count). The molecule has 0 aliphatic carbocycles. The SMILES string of the molecule is C=NOCCCCCCOC(=O)OC(C)OC(=O)c1cccc2nc(OCC)n(Cc3ccc(-c4ccccc4-c4nn[nH]n4)cc3)c12. The third kappa shape index (κ3) is 8.51. The number of rotatable bonds is 17. The van der Waals surface area contributed by atoms with Crippen molar-refractivity contribution in [2.45, 2.75) is 52.4 Å². The Hall–Kier alpha value is -5.79. The van der Waals surface area contributed by atoms with Crippen LogP contribution >= 0.6 is 0 Å². The zero-order chi connectivity index (χ0) is 33.7. The summed E-state index contributed by atoms with van der Waals surface area (Å²) in [5, 5.41) is 17.8. The first-order valence-electron chi connectivity index (χ1n) is 15.6. The molecule has 2 aromatic heterocycles. The van der Waals surface area contributed by atoms with Crippen LogP contribution in [-0.2, 0) is 25.6 Å². The number of ether oxygens (including phenoxy) is 4. The molecule has 250 valence electrons. The van der Waals surface area contributed by atoms with Crippen LogP contribution < -0.4 is 4.74 Å². The zero-order valence-corrected chi connectivity index (χ0v) is 26.8. The number of tetrazole rings is 1. The van der Waals surface area contributed by atoms with Gasteiger partial charge in [-0.05, 0) is 66.6 Å². The summed E-state index contributed by atoms with van der Waals surface area (Å²) >= 11 is 0. The smallest absolute Gasteiger partial charge is 0.465 e. The fourth-order valence-corrected chi connectivity index (χ4v) is 5.14. The molecular weight excluding hydrogens is 618 g/mol. The van der Waals surface area contributed by atoms with Crippen molar-refractivity contribution in [1.29, 1.82) is 0 Å². The van der Waals surface area contributed by atoms with Crippen molar-refractivity contribution in [2.75, 3.05) is 19.8 Å². The number of hydrogen-bond donors (Lipinski definition) is 1. The fourth-order valence-electron chi connectivity index (χ4n) is 5.14. The van der Waals surface area contributed by atoms with E-state index in [-0.39, 0.29) is 12.2 Å². The molecule has 0 saturated heterocycles. The normalized spacial score (nSPS) is 11.5. The number of aromatic amines is 1. The number of carbonyl (C=O) groups is 2. The van der Waals surface area contributed by atoms with Crippen molar-refractivity contribution in [3.8, 4) is 28.5 Å². The number of imidazole rings is 1. The Morgan fingerprint density at radius 2 is 1.71 bits per heavy atom. The summed E-state index contributed by atoms with van der Waals surface area (Å²) in [6, 6.07) is 21.4. The number of fused-ring (bicyclic) bond motifs is 1. The number of nitrogens with one attached hydrogen (secondary N) is 1. The predicted octanol–water partition coefficient (Wildman–Crippen LogP) is 6.18. The summed E-state index contributed by atoms with van der Waals surface area (Å²) in [5.41, 5.74) is 5.07. The predicted molar refractivity (Wildman–Crippen MR) is 176 cm³/mol. The van der Waals surface area contributed by atoms with Crippen LogP contribution in [0.3, 0.4) is 0 Å². The van der Waals surface area contributed by atoms with Crippen LogP contribution in [0.4, 0.5) is 4.79 Å². The van der Waals surface area contributed by atoms with Gasteiger partial charge >= 0.3 is 12.1 Å². The van der Waals surface area contributed by atoms with Gasteiger partial charge in [-0.25, -0.2) is 9.59 Å². The number of carbonyl (C=O) groups excluding carboxylic acids is 2. The van der Waals surface area contributed by atoms with E-state index >= 15 is 0 Å².